The van der Waals surface area contributed by atoms with Crippen molar-refractivity contribution in [3.05, 3.63) is 64.5 Å². The van der Waals surface area contributed by atoms with Gasteiger partial charge >= 0.3 is 0 Å². The van der Waals surface area contributed by atoms with Crippen LogP contribution in [0.1, 0.15) is 12.0 Å². The first kappa shape index (κ1) is 12.3. The monoisotopic (exact) mass is 262 g/mol. The number of hydrogen-bond donors (Lipinski definition) is 1. The van der Waals surface area contributed by atoms with E-state index in [0.29, 0.717) is 6.54 Å². The third-order valence-electron chi connectivity index (χ3n) is 3.30. The maximum absolute atomic E-state index is 8.20. The molecule has 0 spiro atoms. The van der Waals surface area contributed by atoms with Crippen LogP contribution in [0, 0.1) is 0 Å². The number of nitrogens with zero attached hydrogens (tertiary/aromatic N) is 3. The fraction of sp³-hybridized carbons (Fsp3) is 0.125. The van der Waals surface area contributed by atoms with E-state index < -0.39 is 0 Å². The maximum Gasteiger partial charge on any atom is 0.0470 e. The van der Waals surface area contributed by atoms with E-state index in [-0.39, 0.29) is 0 Å². The van der Waals surface area contributed by atoms with E-state index in [2.05, 4.69) is 57.5 Å². The summed E-state index contributed by atoms with van der Waals surface area (Å²) < 4.78 is 0. The van der Waals surface area contributed by atoms with Crippen LogP contribution < -0.4 is 0 Å². The Kier molecular flexibility index (Phi) is 3.40. The summed E-state index contributed by atoms with van der Waals surface area (Å²) in [5, 5.41) is 6.00. The van der Waals surface area contributed by atoms with Crippen LogP contribution in [0.25, 0.3) is 38.3 Å². The molecule has 0 amide bonds. The molecule has 0 unspecified atom stereocenters. The molecule has 20 heavy (non-hydrogen) atoms. The number of aromatic amines is 1. The van der Waals surface area contributed by atoms with Crippen molar-refractivity contribution in [1.29, 1.82) is 0 Å². The van der Waals surface area contributed by atoms with Gasteiger partial charge in [0.1, 0.15) is 0 Å². The minimum atomic E-state index is 0.502. The molecular weight excluding hydrogens is 248 g/mol. The van der Waals surface area contributed by atoms with Gasteiger partial charge in [-0.25, -0.2) is 0 Å². The summed E-state index contributed by atoms with van der Waals surface area (Å²) in [6, 6.07) is 14.7. The zero-order valence-electron chi connectivity index (χ0n) is 11.0. The van der Waals surface area contributed by atoms with Crippen LogP contribution in [0.5, 0.6) is 0 Å². The highest BCUT2D eigenvalue weighted by atomic mass is 15.1. The molecule has 0 fully saturated rings. The first-order valence-electron chi connectivity index (χ1n) is 6.56. The number of rotatable bonds is 4. The molecular formula is C16H14N4. The Hall–Kier alpha value is -2.71. The van der Waals surface area contributed by atoms with Gasteiger partial charge in [-0.2, -0.15) is 0 Å². The molecule has 1 N–H and O–H groups in total. The fourth-order valence-electron chi connectivity index (χ4n) is 2.37. The first-order chi connectivity index (χ1) is 9.88. The smallest absolute Gasteiger partial charge is 0.0470 e. The van der Waals surface area contributed by atoms with Gasteiger partial charge in [0, 0.05) is 33.3 Å². The molecule has 4 heteroatoms. The van der Waals surface area contributed by atoms with Crippen molar-refractivity contribution in [2.24, 2.45) is 5.11 Å². The highest BCUT2D eigenvalue weighted by Crippen LogP contribution is 2.26. The molecule has 98 valence electrons. The SMILES string of the molecule is [N-]=[N+]=NCCC=Cc1ccc2c(c1)[nH]c1ccccc12. The van der Waals surface area contributed by atoms with Gasteiger partial charge in [-0.1, -0.05) is 47.6 Å². The number of benzene rings is 2. The van der Waals surface area contributed by atoms with Gasteiger partial charge in [0.15, 0.2) is 0 Å². The molecule has 0 aliphatic rings. The zero-order valence-corrected chi connectivity index (χ0v) is 11.0. The third-order valence-corrected chi connectivity index (χ3v) is 3.30. The van der Waals surface area contributed by atoms with Crippen LogP contribution in [0.4, 0.5) is 0 Å². The minimum absolute atomic E-state index is 0.502. The van der Waals surface area contributed by atoms with E-state index in [9.17, 15) is 0 Å². The van der Waals surface area contributed by atoms with E-state index >= 15 is 0 Å². The van der Waals surface area contributed by atoms with E-state index in [1.807, 2.05) is 12.1 Å². The Morgan fingerprint density at radius 2 is 1.95 bits per heavy atom. The summed E-state index contributed by atoms with van der Waals surface area (Å²) in [5.41, 5.74) is 11.6. The summed E-state index contributed by atoms with van der Waals surface area (Å²) in [4.78, 5) is 6.16. The van der Waals surface area contributed by atoms with Gasteiger partial charge in [0.05, 0.1) is 0 Å². The minimum Gasteiger partial charge on any atom is -0.354 e. The van der Waals surface area contributed by atoms with Gasteiger partial charge < -0.3 is 4.98 Å². The lowest BCUT2D eigenvalue weighted by atomic mass is 10.1. The number of fused-ring (bicyclic) bond motifs is 3. The van der Waals surface area contributed by atoms with Gasteiger partial charge in [-0.05, 0) is 29.6 Å². The molecule has 0 bridgehead atoms. The van der Waals surface area contributed by atoms with Crippen LogP contribution >= 0.6 is 0 Å². The van der Waals surface area contributed by atoms with Crippen molar-refractivity contribution in [3.63, 3.8) is 0 Å². The maximum atomic E-state index is 8.20. The summed E-state index contributed by atoms with van der Waals surface area (Å²) >= 11 is 0. The Labute approximate surface area is 116 Å². The largest absolute Gasteiger partial charge is 0.354 e. The molecule has 2 aromatic carbocycles. The number of aromatic nitrogens is 1. The number of azide groups is 1. The summed E-state index contributed by atoms with van der Waals surface area (Å²) in [6.07, 6.45) is 4.84. The molecule has 0 saturated heterocycles. The molecule has 0 radical (unpaired) electrons. The van der Waals surface area contributed by atoms with Crippen molar-refractivity contribution >= 4 is 27.9 Å². The fourth-order valence-corrected chi connectivity index (χ4v) is 2.37. The normalized spacial score (nSPS) is 11.2. The Balaban J connectivity index is 1.90. The molecule has 0 saturated carbocycles. The van der Waals surface area contributed by atoms with E-state index in [0.717, 1.165) is 23.0 Å². The van der Waals surface area contributed by atoms with Gasteiger partial charge in [-0.3, -0.25) is 0 Å². The van der Waals surface area contributed by atoms with E-state index in [1.54, 1.807) is 0 Å². The molecule has 1 aromatic heterocycles. The highest BCUT2D eigenvalue weighted by Gasteiger charge is 2.02. The van der Waals surface area contributed by atoms with Crippen LogP contribution in [0.2, 0.25) is 0 Å². The van der Waals surface area contributed by atoms with Gasteiger partial charge in [0.25, 0.3) is 0 Å². The third kappa shape index (κ3) is 2.37. The summed E-state index contributed by atoms with van der Waals surface area (Å²) in [6.45, 7) is 0.502. The number of nitrogens with one attached hydrogen (secondary N) is 1. The van der Waals surface area contributed by atoms with E-state index in [4.69, 9.17) is 5.53 Å². The molecule has 0 aliphatic carbocycles. The lowest BCUT2D eigenvalue weighted by Gasteiger charge is -1.95. The van der Waals surface area contributed by atoms with Gasteiger partial charge in [-0.15, -0.1) is 0 Å². The summed E-state index contributed by atoms with van der Waals surface area (Å²) in [7, 11) is 0. The van der Waals surface area contributed by atoms with Crippen molar-refractivity contribution in [1.82, 2.24) is 4.98 Å². The molecule has 3 aromatic rings. The van der Waals surface area contributed by atoms with Gasteiger partial charge in [0.2, 0.25) is 0 Å². The quantitative estimate of drug-likeness (QED) is 0.296. The Bertz CT molecular complexity index is 823. The standard InChI is InChI=1S/C16H14N4/c17-20-18-10-4-3-5-12-8-9-14-13-6-1-2-7-15(13)19-16(14)11-12/h1-3,5-9,11,19H,4,10H2. The number of para-hydroxylation sites is 1. The predicted octanol–water partition coefficient (Wildman–Crippen LogP) is 5.03. The second-order valence-corrected chi connectivity index (χ2v) is 4.62. The topological polar surface area (TPSA) is 64.6 Å². The van der Waals surface area contributed by atoms with Crippen molar-refractivity contribution in [2.75, 3.05) is 6.54 Å². The average Bonchev–Trinajstić information content (AvgIpc) is 2.84. The molecule has 1 heterocycles. The highest BCUT2D eigenvalue weighted by molar-refractivity contribution is 6.07. The Morgan fingerprint density at radius 1 is 1.10 bits per heavy atom. The second-order valence-electron chi connectivity index (χ2n) is 4.62. The molecule has 0 aliphatic heterocycles. The van der Waals surface area contributed by atoms with Crippen LogP contribution in [0.3, 0.4) is 0 Å². The van der Waals surface area contributed by atoms with Crippen molar-refractivity contribution < 1.29 is 0 Å². The zero-order chi connectivity index (χ0) is 13.8. The lowest BCUT2D eigenvalue weighted by molar-refractivity contribution is 0.996. The average molecular weight is 262 g/mol. The molecule has 0 atom stereocenters. The lowest BCUT2D eigenvalue weighted by Crippen LogP contribution is -1.75. The van der Waals surface area contributed by atoms with Crippen molar-refractivity contribution in [3.8, 4) is 0 Å². The summed E-state index contributed by atoms with van der Waals surface area (Å²) in [5.74, 6) is 0. The van der Waals surface area contributed by atoms with E-state index in [1.165, 1.54) is 10.8 Å². The predicted molar refractivity (Wildman–Crippen MR) is 83.5 cm³/mol. The van der Waals surface area contributed by atoms with Crippen LogP contribution in [-0.4, -0.2) is 11.5 Å². The number of hydrogen-bond acceptors (Lipinski definition) is 1. The number of H-pyrrole nitrogens is 1. The first-order valence-corrected chi connectivity index (χ1v) is 6.56. The molecule has 3 rings (SSSR count). The Morgan fingerprint density at radius 3 is 2.85 bits per heavy atom. The van der Waals surface area contributed by atoms with Crippen LogP contribution in [0.15, 0.2) is 53.7 Å². The van der Waals surface area contributed by atoms with Crippen molar-refractivity contribution in [2.45, 2.75) is 6.42 Å². The second kappa shape index (κ2) is 5.51. The van der Waals surface area contributed by atoms with Crippen LogP contribution in [-0.2, 0) is 0 Å². The molecule has 4 nitrogen and oxygen atoms in total.